The van der Waals surface area contributed by atoms with Crippen molar-refractivity contribution < 1.29 is 19.1 Å². The first-order valence-corrected chi connectivity index (χ1v) is 11.3. The molecule has 0 unspecified atom stereocenters. The van der Waals surface area contributed by atoms with E-state index in [2.05, 4.69) is 5.32 Å². The second kappa shape index (κ2) is 9.83. The lowest BCUT2D eigenvalue weighted by atomic mass is 10.2. The van der Waals surface area contributed by atoms with Gasteiger partial charge in [-0.2, -0.15) is 0 Å². The zero-order valence-electron chi connectivity index (χ0n) is 18.6. The molecule has 1 heterocycles. The Bertz CT molecular complexity index is 1200. The van der Waals surface area contributed by atoms with Gasteiger partial charge < -0.3 is 14.8 Å². The number of anilines is 2. The fourth-order valence-corrected chi connectivity index (χ4v) is 4.34. The maximum Gasteiger partial charge on any atom is 0.283 e. The lowest BCUT2D eigenvalue weighted by molar-refractivity contribution is -0.120. The third kappa shape index (κ3) is 4.73. The number of carbonyl (C=O) groups is 2. The highest BCUT2D eigenvalue weighted by Gasteiger charge is 2.40. The lowest BCUT2D eigenvalue weighted by Gasteiger charge is -2.16. The molecule has 6 nitrogen and oxygen atoms in total. The SMILES string of the molecule is CCOc1ccc(N2C(=O)C(Nc3ccccc3OC)=C(Sc3ccc(C)cc3)C2=O)cc1. The van der Waals surface area contributed by atoms with E-state index in [1.807, 2.05) is 50.2 Å². The maximum absolute atomic E-state index is 13.5. The highest BCUT2D eigenvalue weighted by atomic mass is 32.2. The average Bonchev–Trinajstić information content (AvgIpc) is 3.05. The molecular weight excluding hydrogens is 436 g/mol. The van der Waals surface area contributed by atoms with Crippen molar-refractivity contribution in [1.29, 1.82) is 0 Å². The number of para-hydroxylation sites is 2. The van der Waals surface area contributed by atoms with Gasteiger partial charge in [0, 0.05) is 4.90 Å². The molecule has 1 aliphatic heterocycles. The van der Waals surface area contributed by atoms with Gasteiger partial charge in [-0.1, -0.05) is 41.6 Å². The Morgan fingerprint density at radius 1 is 0.909 bits per heavy atom. The minimum absolute atomic E-state index is 0.212. The fraction of sp³-hybridized carbons (Fsp3) is 0.154. The van der Waals surface area contributed by atoms with Crippen LogP contribution >= 0.6 is 11.8 Å². The number of hydrogen-bond donors (Lipinski definition) is 1. The average molecular weight is 461 g/mol. The summed E-state index contributed by atoms with van der Waals surface area (Å²) < 4.78 is 10.9. The van der Waals surface area contributed by atoms with Gasteiger partial charge in [-0.3, -0.25) is 9.59 Å². The minimum atomic E-state index is -0.426. The summed E-state index contributed by atoms with van der Waals surface area (Å²) in [4.78, 5) is 29.3. The van der Waals surface area contributed by atoms with Crippen molar-refractivity contribution in [3.05, 3.63) is 89.0 Å². The number of carbonyl (C=O) groups excluding carboxylic acids is 2. The monoisotopic (exact) mass is 460 g/mol. The van der Waals surface area contributed by atoms with E-state index >= 15 is 0 Å². The predicted molar refractivity (Wildman–Crippen MR) is 131 cm³/mol. The molecule has 0 saturated heterocycles. The Morgan fingerprint density at radius 2 is 1.61 bits per heavy atom. The van der Waals surface area contributed by atoms with Crippen molar-refractivity contribution in [1.82, 2.24) is 0 Å². The zero-order valence-corrected chi connectivity index (χ0v) is 19.4. The maximum atomic E-state index is 13.5. The predicted octanol–water partition coefficient (Wildman–Crippen LogP) is 5.39. The number of methoxy groups -OCH3 is 1. The number of thioether (sulfide) groups is 1. The Kier molecular flexibility index (Phi) is 6.70. The van der Waals surface area contributed by atoms with Gasteiger partial charge >= 0.3 is 0 Å². The Hall–Kier alpha value is -3.71. The zero-order chi connectivity index (χ0) is 23.4. The first-order valence-electron chi connectivity index (χ1n) is 10.5. The molecule has 4 rings (SSSR count). The highest BCUT2D eigenvalue weighted by molar-refractivity contribution is 8.04. The standard InChI is InChI=1S/C26H24N2O4S/c1-4-32-19-13-11-18(12-14-19)28-25(29)23(27-21-7-5-6-8-22(21)31-3)24(26(28)30)33-20-15-9-17(2)10-16-20/h5-16,27H,4H2,1-3H3. The number of aryl methyl sites for hydroxylation is 1. The first-order chi connectivity index (χ1) is 16.0. The summed E-state index contributed by atoms with van der Waals surface area (Å²) >= 11 is 1.26. The van der Waals surface area contributed by atoms with E-state index in [0.717, 1.165) is 10.5 Å². The van der Waals surface area contributed by atoms with Crippen LogP contribution in [0.2, 0.25) is 0 Å². The van der Waals surface area contributed by atoms with Crippen LogP contribution < -0.4 is 19.7 Å². The normalized spacial score (nSPS) is 13.5. The molecule has 0 bridgehead atoms. The first kappa shape index (κ1) is 22.5. The lowest BCUT2D eigenvalue weighted by Crippen LogP contribution is -2.32. The molecular formula is C26H24N2O4S. The quantitative estimate of drug-likeness (QED) is 0.455. The molecule has 0 fully saturated rings. The molecule has 7 heteroatoms. The number of imide groups is 1. The third-order valence-corrected chi connectivity index (χ3v) is 6.15. The van der Waals surface area contributed by atoms with Crippen molar-refractivity contribution in [2.45, 2.75) is 18.7 Å². The second-order valence-electron chi connectivity index (χ2n) is 7.32. The summed E-state index contributed by atoms with van der Waals surface area (Å²) in [5.41, 5.74) is 2.41. The van der Waals surface area contributed by atoms with Crippen LogP contribution in [0.25, 0.3) is 0 Å². The highest BCUT2D eigenvalue weighted by Crippen LogP contribution is 2.39. The van der Waals surface area contributed by atoms with E-state index in [1.165, 1.54) is 16.7 Å². The number of ether oxygens (including phenoxy) is 2. The van der Waals surface area contributed by atoms with E-state index in [-0.39, 0.29) is 11.6 Å². The molecule has 1 aliphatic rings. The third-order valence-electron chi connectivity index (χ3n) is 5.05. The number of hydrogen-bond acceptors (Lipinski definition) is 6. The van der Waals surface area contributed by atoms with Gasteiger partial charge in [0.2, 0.25) is 0 Å². The van der Waals surface area contributed by atoms with Crippen molar-refractivity contribution in [2.24, 2.45) is 0 Å². The van der Waals surface area contributed by atoms with Crippen LogP contribution in [0, 0.1) is 6.92 Å². The number of nitrogens with one attached hydrogen (secondary N) is 1. The Balaban J connectivity index is 1.72. The molecule has 0 saturated carbocycles. The fourth-order valence-electron chi connectivity index (χ4n) is 3.41. The van der Waals surface area contributed by atoms with Crippen molar-refractivity contribution >= 4 is 35.0 Å². The van der Waals surface area contributed by atoms with Crippen LogP contribution in [0.4, 0.5) is 11.4 Å². The van der Waals surface area contributed by atoms with Crippen LogP contribution in [0.3, 0.4) is 0 Å². The smallest absolute Gasteiger partial charge is 0.283 e. The number of nitrogens with zero attached hydrogens (tertiary/aromatic N) is 1. The summed E-state index contributed by atoms with van der Waals surface area (Å²) in [6.07, 6.45) is 0. The molecule has 2 amide bonds. The van der Waals surface area contributed by atoms with Crippen molar-refractivity contribution in [3.8, 4) is 11.5 Å². The van der Waals surface area contributed by atoms with Gasteiger partial charge in [0.15, 0.2) is 0 Å². The van der Waals surface area contributed by atoms with E-state index in [1.54, 1.807) is 43.5 Å². The van der Waals surface area contributed by atoms with Crippen molar-refractivity contribution in [3.63, 3.8) is 0 Å². The van der Waals surface area contributed by atoms with E-state index in [0.29, 0.717) is 34.4 Å². The van der Waals surface area contributed by atoms with Crippen LogP contribution in [0.5, 0.6) is 11.5 Å². The number of rotatable bonds is 8. The van der Waals surface area contributed by atoms with E-state index in [9.17, 15) is 9.59 Å². The minimum Gasteiger partial charge on any atom is -0.495 e. The number of benzene rings is 3. The molecule has 0 spiro atoms. The van der Waals surface area contributed by atoms with Crippen LogP contribution in [0.15, 0.2) is 88.3 Å². The van der Waals surface area contributed by atoms with E-state index < -0.39 is 5.91 Å². The summed E-state index contributed by atoms with van der Waals surface area (Å²) in [5.74, 6) is 0.441. The van der Waals surface area contributed by atoms with Gasteiger partial charge in [0.25, 0.3) is 11.8 Å². The second-order valence-corrected chi connectivity index (χ2v) is 8.40. The molecule has 3 aromatic rings. The Morgan fingerprint density at radius 3 is 2.27 bits per heavy atom. The summed E-state index contributed by atoms with van der Waals surface area (Å²) in [5, 5.41) is 3.15. The van der Waals surface area contributed by atoms with Crippen LogP contribution in [0.1, 0.15) is 12.5 Å². The number of amides is 2. The van der Waals surface area contributed by atoms with Gasteiger partial charge in [0.05, 0.1) is 25.1 Å². The van der Waals surface area contributed by atoms with Crippen molar-refractivity contribution in [2.75, 3.05) is 23.9 Å². The summed E-state index contributed by atoms with van der Waals surface area (Å²) in [7, 11) is 1.56. The molecule has 3 aromatic carbocycles. The van der Waals surface area contributed by atoms with Gasteiger partial charge in [-0.15, -0.1) is 0 Å². The molecule has 0 aromatic heterocycles. The van der Waals surface area contributed by atoms with E-state index in [4.69, 9.17) is 9.47 Å². The van der Waals surface area contributed by atoms with Gasteiger partial charge in [-0.25, -0.2) is 4.90 Å². The summed E-state index contributed by atoms with van der Waals surface area (Å²) in [6, 6.07) is 22.0. The van der Waals surface area contributed by atoms with Crippen LogP contribution in [-0.2, 0) is 9.59 Å². The molecule has 1 N–H and O–H groups in total. The summed E-state index contributed by atoms with van der Waals surface area (Å²) in [6.45, 7) is 4.43. The molecule has 33 heavy (non-hydrogen) atoms. The topological polar surface area (TPSA) is 67.9 Å². The van der Waals surface area contributed by atoms with Gasteiger partial charge in [-0.05, 0) is 62.4 Å². The molecule has 0 radical (unpaired) electrons. The van der Waals surface area contributed by atoms with Gasteiger partial charge in [0.1, 0.15) is 22.1 Å². The van der Waals surface area contributed by atoms with Crippen LogP contribution in [-0.4, -0.2) is 25.5 Å². The molecule has 0 aliphatic carbocycles. The Labute approximate surface area is 197 Å². The molecule has 0 atom stereocenters. The largest absolute Gasteiger partial charge is 0.495 e. The molecule has 168 valence electrons.